The van der Waals surface area contributed by atoms with Crippen LogP contribution in [0.1, 0.15) is 25.1 Å². The molecule has 1 fully saturated rings. The molecule has 1 aromatic rings. The van der Waals surface area contributed by atoms with Gasteiger partial charge in [0.25, 0.3) is 5.56 Å². The average Bonchev–Trinajstić information content (AvgIpc) is 3.05. The Hall–Kier alpha value is -2.09. The summed E-state index contributed by atoms with van der Waals surface area (Å²) in [6.45, 7) is 3.31. The standard InChI is InChI=1S/C17H30N6O6/c1-2-23(21(5-3-18)6-4-19)14(26)7-11-9-22(17(28)20-16(11)27)15-8-12(25)13(10-24)29-15/h9,12-13,15,24-25H,2-8,10,18-19H2,1H3,(H,20,27,28)/t12-,13+,15+/m0/s1. The Morgan fingerprint density at radius 3 is 2.52 bits per heavy atom. The number of H-pyrrole nitrogens is 1. The minimum absolute atomic E-state index is 0.0758. The lowest BCUT2D eigenvalue weighted by Gasteiger charge is -2.33. The number of likely N-dealkylation sites (N-methyl/N-ethyl adjacent to an activating group) is 1. The predicted molar refractivity (Wildman–Crippen MR) is 104 cm³/mol. The number of hydrazine groups is 1. The molecule has 1 amide bonds. The average molecular weight is 414 g/mol. The van der Waals surface area contributed by atoms with E-state index < -0.39 is 36.3 Å². The van der Waals surface area contributed by atoms with Crippen LogP contribution in [0.5, 0.6) is 0 Å². The van der Waals surface area contributed by atoms with Gasteiger partial charge in [0, 0.05) is 50.9 Å². The summed E-state index contributed by atoms with van der Waals surface area (Å²) in [4.78, 5) is 39.4. The van der Waals surface area contributed by atoms with Crippen molar-refractivity contribution in [3.05, 3.63) is 32.6 Å². The van der Waals surface area contributed by atoms with Gasteiger partial charge in [-0.25, -0.2) is 9.80 Å². The van der Waals surface area contributed by atoms with E-state index in [0.29, 0.717) is 32.7 Å². The van der Waals surface area contributed by atoms with Gasteiger partial charge in [0.15, 0.2) is 0 Å². The van der Waals surface area contributed by atoms with Gasteiger partial charge < -0.3 is 26.4 Å². The normalized spacial score (nSPS) is 21.7. The number of carbonyl (C=O) groups excluding carboxylic acids is 1. The summed E-state index contributed by atoms with van der Waals surface area (Å²) in [5, 5.41) is 22.3. The summed E-state index contributed by atoms with van der Waals surface area (Å²) in [5.74, 6) is -0.342. The third kappa shape index (κ3) is 5.50. The quantitative estimate of drug-likeness (QED) is 0.245. The van der Waals surface area contributed by atoms with Crippen LogP contribution in [0, 0.1) is 0 Å². The van der Waals surface area contributed by atoms with E-state index in [0.717, 1.165) is 4.57 Å². The van der Waals surface area contributed by atoms with Crippen LogP contribution in [0.4, 0.5) is 0 Å². The molecule has 2 rings (SSSR count). The third-order valence-electron chi connectivity index (χ3n) is 4.78. The second-order valence-electron chi connectivity index (χ2n) is 6.75. The van der Waals surface area contributed by atoms with Crippen LogP contribution in [0.3, 0.4) is 0 Å². The van der Waals surface area contributed by atoms with Crippen molar-refractivity contribution in [1.29, 1.82) is 0 Å². The monoisotopic (exact) mass is 414 g/mol. The van der Waals surface area contributed by atoms with E-state index in [1.54, 1.807) is 11.9 Å². The Morgan fingerprint density at radius 2 is 2.00 bits per heavy atom. The molecule has 0 unspecified atom stereocenters. The fourth-order valence-electron chi connectivity index (χ4n) is 3.36. The van der Waals surface area contributed by atoms with Crippen molar-refractivity contribution in [2.24, 2.45) is 11.5 Å². The Bertz CT molecular complexity index is 789. The SMILES string of the molecule is CCN(C(=O)Cc1cn([C@H]2C[C@H](O)[C@@H](CO)O2)c(=O)[nH]c1=O)N(CCN)CCN. The van der Waals surface area contributed by atoms with Crippen molar-refractivity contribution in [1.82, 2.24) is 19.6 Å². The Morgan fingerprint density at radius 1 is 1.34 bits per heavy atom. The predicted octanol–water partition coefficient (Wildman–Crippen LogP) is -3.30. The highest BCUT2D eigenvalue weighted by molar-refractivity contribution is 5.78. The maximum atomic E-state index is 12.8. The highest BCUT2D eigenvalue weighted by Gasteiger charge is 2.35. The minimum atomic E-state index is -0.939. The number of carbonyl (C=O) groups is 1. The zero-order valence-electron chi connectivity index (χ0n) is 16.5. The summed E-state index contributed by atoms with van der Waals surface area (Å²) in [6.07, 6.45) is -1.51. The number of nitrogens with two attached hydrogens (primary N) is 2. The lowest BCUT2D eigenvalue weighted by molar-refractivity contribution is -0.147. The second kappa shape index (κ2) is 10.6. The van der Waals surface area contributed by atoms with Crippen molar-refractivity contribution in [3.8, 4) is 0 Å². The van der Waals surface area contributed by atoms with Crippen LogP contribution in [0.15, 0.2) is 15.8 Å². The fourth-order valence-corrected chi connectivity index (χ4v) is 3.36. The Kier molecular flexibility index (Phi) is 8.49. The summed E-state index contributed by atoms with van der Waals surface area (Å²) in [7, 11) is 0. The van der Waals surface area contributed by atoms with Crippen molar-refractivity contribution in [2.75, 3.05) is 39.3 Å². The molecule has 164 valence electrons. The van der Waals surface area contributed by atoms with Crippen LogP contribution in [-0.4, -0.2) is 87.2 Å². The Balaban J connectivity index is 2.25. The highest BCUT2D eigenvalue weighted by atomic mass is 16.5. The maximum absolute atomic E-state index is 12.8. The molecular weight excluding hydrogens is 384 g/mol. The molecule has 2 heterocycles. The first-order valence-corrected chi connectivity index (χ1v) is 9.60. The van der Waals surface area contributed by atoms with E-state index >= 15 is 0 Å². The van der Waals surface area contributed by atoms with E-state index in [2.05, 4.69) is 4.98 Å². The van der Waals surface area contributed by atoms with E-state index in [4.69, 9.17) is 16.2 Å². The number of aliphatic hydroxyl groups excluding tert-OH is 2. The van der Waals surface area contributed by atoms with Crippen LogP contribution >= 0.6 is 0 Å². The third-order valence-corrected chi connectivity index (χ3v) is 4.78. The van der Waals surface area contributed by atoms with Crippen LogP contribution < -0.4 is 22.7 Å². The zero-order chi connectivity index (χ0) is 21.6. The van der Waals surface area contributed by atoms with Gasteiger partial charge >= 0.3 is 5.69 Å². The molecule has 0 saturated carbocycles. The molecule has 1 aliphatic rings. The molecule has 3 atom stereocenters. The molecule has 0 aromatic carbocycles. The van der Waals surface area contributed by atoms with Gasteiger partial charge in [0.05, 0.1) is 19.1 Å². The van der Waals surface area contributed by atoms with Gasteiger partial charge in [-0.3, -0.25) is 24.1 Å². The second-order valence-corrected chi connectivity index (χ2v) is 6.75. The number of aliphatic hydroxyl groups is 2. The number of ether oxygens (including phenoxy) is 1. The van der Waals surface area contributed by atoms with Gasteiger partial charge in [-0.2, -0.15) is 0 Å². The van der Waals surface area contributed by atoms with Crippen LogP contribution in [0.25, 0.3) is 0 Å². The number of rotatable bonds is 10. The number of amides is 1. The van der Waals surface area contributed by atoms with Crippen molar-refractivity contribution >= 4 is 5.91 Å². The van der Waals surface area contributed by atoms with Gasteiger partial charge in [-0.05, 0) is 6.92 Å². The fraction of sp³-hybridized carbons (Fsp3) is 0.706. The number of aromatic nitrogens is 2. The molecule has 1 aliphatic heterocycles. The summed E-state index contributed by atoms with van der Waals surface area (Å²) >= 11 is 0. The Labute approximate surface area is 167 Å². The maximum Gasteiger partial charge on any atom is 0.330 e. The molecule has 12 heteroatoms. The van der Waals surface area contributed by atoms with Crippen molar-refractivity contribution < 1.29 is 19.7 Å². The molecule has 12 nitrogen and oxygen atoms in total. The molecule has 29 heavy (non-hydrogen) atoms. The first-order chi connectivity index (χ1) is 13.9. The van der Waals surface area contributed by atoms with E-state index in [1.807, 2.05) is 0 Å². The first-order valence-electron chi connectivity index (χ1n) is 9.60. The number of hydrogen-bond donors (Lipinski definition) is 5. The molecule has 7 N–H and O–H groups in total. The topological polar surface area (TPSA) is 180 Å². The summed E-state index contributed by atoms with van der Waals surface area (Å²) in [5.41, 5.74) is 9.90. The lowest BCUT2D eigenvalue weighted by atomic mass is 10.2. The molecule has 0 spiro atoms. The summed E-state index contributed by atoms with van der Waals surface area (Å²) in [6, 6.07) is 0. The molecule has 0 bridgehead atoms. The minimum Gasteiger partial charge on any atom is -0.394 e. The first kappa shape index (κ1) is 23.2. The zero-order valence-corrected chi connectivity index (χ0v) is 16.5. The van der Waals surface area contributed by atoms with Crippen LogP contribution in [0.2, 0.25) is 0 Å². The smallest absolute Gasteiger partial charge is 0.330 e. The molecule has 1 saturated heterocycles. The van der Waals surface area contributed by atoms with Gasteiger partial charge in [0.2, 0.25) is 5.91 Å². The van der Waals surface area contributed by atoms with E-state index in [-0.39, 0.29) is 24.3 Å². The molecule has 0 aliphatic carbocycles. The van der Waals surface area contributed by atoms with Crippen LogP contribution in [-0.2, 0) is 16.0 Å². The number of nitrogens with zero attached hydrogens (tertiary/aromatic N) is 3. The van der Waals surface area contributed by atoms with E-state index in [9.17, 15) is 24.6 Å². The number of nitrogens with one attached hydrogen (secondary N) is 1. The summed E-state index contributed by atoms with van der Waals surface area (Å²) < 4.78 is 6.59. The largest absolute Gasteiger partial charge is 0.394 e. The highest BCUT2D eigenvalue weighted by Crippen LogP contribution is 2.27. The molecule has 1 aromatic heterocycles. The van der Waals surface area contributed by atoms with Gasteiger partial charge in [0.1, 0.15) is 12.3 Å². The van der Waals surface area contributed by atoms with Gasteiger partial charge in [-0.15, -0.1) is 0 Å². The van der Waals surface area contributed by atoms with E-state index in [1.165, 1.54) is 11.2 Å². The van der Waals surface area contributed by atoms with Crippen molar-refractivity contribution in [2.45, 2.75) is 38.2 Å². The number of aromatic amines is 1. The van der Waals surface area contributed by atoms with Crippen molar-refractivity contribution in [3.63, 3.8) is 0 Å². The lowest BCUT2D eigenvalue weighted by Crippen LogP contribution is -2.51. The van der Waals surface area contributed by atoms with Gasteiger partial charge in [-0.1, -0.05) is 0 Å². The molecular formula is C17H30N6O6. The number of hydrogen-bond acceptors (Lipinski definition) is 9. The molecule has 0 radical (unpaired) electrons.